The molecule has 0 aromatic heterocycles. The molecule has 3 aromatic carbocycles. The highest BCUT2D eigenvalue weighted by molar-refractivity contribution is 8.00. The van der Waals surface area contributed by atoms with Crippen molar-refractivity contribution in [1.29, 1.82) is 0 Å². The van der Waals surface area contributed by atoms with Gasteiger partial charge in [-0.15, -0.1) is 11.8 Å². The molecule has 1 aliphatic carbocycles. The number of anilines is 1. The molecule has 0 bridgehead atoms. The molecule has 1 fully saturated rings. The first kappa shape index (κ1) is 21.4. The quantitative estimate of drug-likeness (QED) is 0.484. The zero-order valence-corrected chi connectivity index (χ0v) is 18.4. The van der Waals surface area contributed by atoms with E-state index in [-0.39, 0.29) is 23.6 Å². The number of carbonyl (C=O) groups excluding carboxylic acids is 2. The Bertz CT molecular complexity index is 1100. The van der Waals surface area contributed by atoms with E-state index < -0.39 is 0 Å². The molecule has 0 aliphatic heterocycles. The second kappa shape index (κ2) is 9.54. The van der Waals surface area contributed by atoms with Crippen molar-refractivity contribution in [1.82, 2.24) is 4.90 Å². The number of nitrogens with zero attached hydrogens (tertiary/aromatic N) is 1. The molecule has 1 aliphatic rings. The van der Waals surface area contributed by atoms with Crippen molar-refractivity contribution in [2.24, 2.45) is 5.73 Å². The van der Waals surface area contributed by atoms with Crippen molar-refractivity contribution < 1.29 is 9.59 Å². The third kappa shape index (κ3) is 5.46. The summed E-state index contributed by atoms with van der Waals surface area (Å²) in [5.41, 5.74) is 7.20. The summed E-state index contributed by atoms with van der Waals surface area (Å²) in [5, 5.41) is 5.47. The molecule has 1 saturated carbocycles. The number of primary amides is 1. The van der Waals surface area contributed by atoms with Gasteiger partial charge in [-0.05, 0) is 54.3 Å². The average Bonchev–Trinajstić information content (AvgIpc) is 3.61. The Morgan fingerprint density at radius 2 is 1.77 bits per heavy atom. The van der Waals surface area contributed by atoms with E-state index in [4.69, 9.17) is 5.73 Å². The minimum Gasteiger partial charge on any atom is -0.369 e. The normalized spacial score (nSPS) is 14.5. The van der Waals surface area contributed by atoms with Crippen LogP contribution in [0.1, 0.15) is 31.4 Å². The zero-order chi connectivity index (χ0) is 21.8. The van der Waals surface area contributed by atoms with Gasteiger partial charge in [0.1, 0.15) is 0 Å². The lowest BCUT2D eigenvalue weighted by atomic mass is 10.0. The maximum atomic E-state index is 12.9. The van der Waals surface area contributed by atoms with Crippen LogP contribution in [0.15, 0.2) is 71.6 Å². The fraction of sp³-hybridized carbons (Fsp3) is 0.280. The van der Waals surface area contributed by atoms with Gasteiger partial charge in [-0.1, -0.05) is 48.5 Å². The van der Waals surface area contributed by atoms with Gasteiger partial charge in [-0.25, -0.2) is 0 Å². The number of thioether (sulfide) groups is 1. The van der Waals surface area contributed by atoms with Gasteiger partial charge in [0.25, 0.3) is 0 Å². The first-order valence-corrected chi connectivity index (χ1v) is 11.5. The first-order valence-electron chi connectivity index (χ1n) is 10.6. The van der Waals surface area contributed by atoms with Gasteiger partial charge in [-0.3, -0.25) is 14.5 Å². The van der Waals surface area contributed by atoms with E-state index in [1.165, 1.54) is 28.1 Å². The summed E-state index contributed by atoms with van der Waals surface area (Å²) in [5.74, 6) is -0.248. The predicted molar refractivity (Wildman–Crippen MR) is 127 cm³/mol. The van der Waals surface area contributed by atoms with E-state index in [1.807, 2.05) is 30.3 Å². The van der Waals surface area contributed by atoms with E-state index in [1.54, 1.807) is 0 Å². The number of carbonyl (C=O) groups is 2. The molecule has 5 nitrogen and oxygen atoms in total. The lowest BCUT2D eigenvalue weighted by Gasteiger charge is -2.29. The predicted octanol–water partition coefficient (Wildman–Crippen LogP) is 4.58. The molecule has 6 heteroatoms. The molecule has 1 unspecified atom stereocenters. The molecule has 0 radical (unpaired) electrons. The van der Waals surface area contributed by atoms with Crippen molar-refractivity contribution in [3.63, 3.8) is 0 Å². The molecule has 3 aromatic rings. The van der Waals surface area contributed by atoms with Crippen LogP contribution in [0.25, 0.3) is 10.8 Å². The van der Waals surface area contributed by atoms with E-state index in [0.29, 0.717) is 18.3 Å². The molecule has 0 spiro atoms. The zero-order valence-electron chi connectivity index (χ0n) is 17.6. The molecule has 0 heterocycles. The Morgan fingerprint density at radius 3 is 2.52 bits per heavy atom. The topological polar surface area (TPSA) is 75.4 Å². The highest BCUT2D eigenvalue weighted by Gasteiger charge is 2.34. The van der Waals surface area contributed by atoms with Crippen molar-refractivity contribution in [3.05, 3.63) is 72.3 Å². The van der Waals surface area contributed by atoms with E-state index in [0.717, 1.165) is 17.7 Å². The minimum atomic E-state index is -0.379. The summed E-state index contributed by atoms with van der Waals surface area (Å²) in [6.07, 6.45) is 2.24. The van der Waals surface area contributed by atoms with Crippen LogP contribution in [0.5, 0.6) is 0 Å². The van der Waals surface area contributed by atoms with E-state index >= 15 is 0 Å². The molecule has 2 amide bonds. The summed E-state index contributed by atoms with van der Waals surface area (Å²) in [6.45, 7) is 2.50. The summed E-state index contributed by atoms with van der Waals surface area (Å²) < 4.78 is 0. The van der Waals surface area contributed by atoms with Gasteiger partial charge in [0.15, 0.2) is 0 Å². The third-order valence-electron chi connectivity index (χ3n) is 5.63. The smallest absolute Gasteiger partial charge is 0.238 e. The number of hydrogen-bond acceptors (Lipinski definition) is 4. The summed E-state index contributed by atoms with van der Waals surface area (Å²) in [6, 6.07) is 23.0. The lowest BCUT2D eigenvalue weighted by molar-refractivity contribution is -0.118. The molecular weight excluding hydrogens is 406 g/mol. The van der Waals surface area contributed by atoms with Gasteiger partial charge in [0.2, 0.25) is 11.8 Å². The molecule has 0 saturated heterocycles. The number of amides is 2. The van der Waals surface area contributed by atoms with Crippen LogP contribution < -0.4 is 11.1 Å². The highest BCUT2D eigenvalue weighted by Crippen LogP contribution is 2.35. The highest BCUT2D eigenvalue weighted by atomic mass is 32.2. The van der Waals surface area contributed by atoms with Gasteiger partial charge < -0.3 is 11.1 Å². The molecular formula is C25H27N3O2S. The number of nitrogens with two attached hydrogens (primary N) is 1. The van der Waals surface area contributed by atoms with Crippen LogP contribution in [-0.2, 0) is 9.59 Å². The summed E-state index contributed by atoms with van der Waals surface area (Å²) in [4.78, 5) is 27.2. The Morgan fingerprint density at radius 1 is 1.06 bits per heavy atom. The van der Waals surface area contributed by atoms with Crippen LogP contribution in [0.4, 0.5) is 5.69 Å². The van der Waals surface area contributed by atoms with Gasteiger partial charge in [0.05, 0.1) is 18.0 Å². The van der Waals surface area contributed by atoms with Crippen LogP contribution >= 0.6 is 11.8 Å². The fourth-order valence-corrected chi connectivity index (χ4v) is 4.59. The molecule has 1 atom stereocenters. The standard InChI is InChI=1S/C25H27N3O2S/c1-17(19-11-10-18-6-2-3-7-20(18)14-19)28(21-12-13-21)15-25(30)27-22-8-4-5-9-23(22)31-16-24(26)29/h2-11,14,17,21H,12-13,15-16H2,1H3,(H2,26,29)(H,27,30). The second-order valence-electron chi connectivity index (χ2n) is 7.99. The van der Waals surface area contributed by atoms with Gasteiger partial charge >= 0.3 is 0 Å². The van der Waals surface area contributed by atoms with Crippen LogP contribution in [0, 0.1) is 0 Å². The van der Waals surface area contributed by atoms with Crippen LogP contribution in [0.3, 0.4) is 0 Å². The van der Waals surface area contributed by atoms with Crippen molar-refractivity contribution >= 4 is 40.0 Å². The molecule has 4 rings (SSSR count). The number of benzene rings is 3. The Hall–Kier alpha value is -2.83. The van der Waals surface area contributed by atoms with Gasteiger partial charge in [0, 0.05) is 17.0 Å². The molecule has 160 valence electrons. The summed E-state index contributed by atoms with van der Waals surface area (Å²) in [7, 11) is 0. The Balaban J connectivity index is 1.47. The largest absolute Gasteiger partial charge is 0.369 e. The Kier molecular flexibility index (Phi) is 6.59. The van der Waals surface area contributed by atoms with E-state index in [2.05, 4.69) is 53.5 Å². The fourth-order valence-electron chi connectivity index (χ4n) is 3.85. The number of nitrogens with one attached hydrogen (secondary N) is 1. The van der Waals surface area contributed by atoms with Crippen molar-refractivity contribution in [2.45, 2.75) is 36.7 Å². The third-order valence-corrected chi connectivity index (χ3v) is 6.72. The first-order chi connectivity index (χ1) is 15.0. The SMILES string of the molecule is CC(c1ccc2ccccc2c1)N(CC(=O)Nc1ccccc1SCC(N)=O)C1CC1. The monoisotopic (exact) mass is 433 g/mol. The lowest BCUT2D eigenvalue weighted by Crippen LogP contribution is -2.37. The summed E-state index contributed by atoms with van der Waals surface area (Å²) >= 11 is 1.34. The van der Waals surface area contributed by atoms with E-state index in [9.17, 15) is 9.59 Å². The maximum Gasteiger partial charge on any atom is 0.238 e. The Labute approximate surface area is 187 Å². The maximum absolute atomic E-state index is 12.9. The number of para-hydroxylation sites is 1. The van der Waals surface area contributed by atoms with Gasteiger partial charge in [-0.2, -0.15) is 0 Å². The average molecular weight is 434 g/mol. The van der Waals surface area contributed by atoms with Crippen molar-refractivity contribution in [2.75, 3.05) is 17.6 Å². The van der Waals surface area contributed by atoms with Crippen molar-refractivity contribution in [3.8, 4) is 0 Å². The number of hydrogen-bond donors (Lipinski definition) is 2. The van der Waals surface area contributed by atoms with Crippen LogP contribution in [0.2, 0.25) is 0 Å². The second-order valence-corrected chi connectivity index (χ2v) is 9.00. The molecule has 3 N–H and O–H groups in total. The number of rotatable bonds is 9. The van der Waals surface area contributed by atoms with Crippen LogP contribution in [-0.4, -0.2) is 35.1 Å². The number of fused-ring (bicyclic) bond motifs is 1. The minimum absolute atomic E-state index is 0.0494. The molecule has 31 heavy (non-hydrogen) atoms.